The van der Waals surface area contributed by atoms with Crippen molar-refractivity contribution in [3.8, 4) is 27.8 Å². The minimum atomic E-state index is -0.115. The van der Waals surface area contributed by atoms with E-state index in [-0.39, 0.29) is 17.6 Å². The van der Waals surface area contributed by atoms with Crippen molar-refractivity contribution in [2.75, 3.05) is 33.4 Å². The Morgan fingerprint density at radius 2 is 1.82 bits per heavy atom. The molecule has 3 aromatic rings. The SMILES string of the molecule is COc1ccccc1-c1nc(C(=O)N2CCC(C(=O)c3ccc4c(c3)OCCO4)CC2)cs1. The second-order valence-corrected chi connectivity index (χ2v) is 8.89. The average Bonchev–Trinajstić information content (AvgIpc) is 3.38. The number of Topliss-reactive ketones (excluding diaryl/α,β-unsaturated/α-hetero) is 1. The van der Waals surface area contributed by atoms with Crippen LogP contribution in [0.3, 0.4) is 0 Å². The summed E-state index contributed by atoms with van der Waals surface area (Å²) < 4.78 is 16.6. The highest BCUT2D eigenvalue weighted by molar-refractivity contribution is 7.13. The van der Waals surface area contributed by atoms with Gasteiger partial charge >= 0.3 is 0 Å². The molecule has 33 heavy (non-hydrogen) atoms. The molecule has 1 fully saturated rings. The van der Waals surface area contributed by atoms with Crippen LogP contribution in [0.5, 0.6) is 17.2 Å². The monoisotopic (exact) mass is 464 g/mol. The molecule has 0 aliphatic carbocycles. The number of rotatable bonds is 5. The number of benzene rings is 2. The average molecular weight is 465 g/mol. The van der Waals surface area contributed by atoms with Crippen LogP contribution in [0.4, 0.5) is 0 Å². The van der Waals surface area contributed by atoms with Crippen molar-refractivity contribution < 1.29 is 23.8 Å². The number of ether oxygens (including phenoxy) is 3. The van der Waals surface area contributed by atoms with E-state index < -0.39 is 0 Å². The van der Waals surface area contributed by atoms with E-state index in [0.29, 0.717) is 61.9 Å². The molecule has 8 heteroatoms. The van der Waals surface area contributed by atoms with Gasteiger partial charge in [0.1, 0.15) is 29.7 Å². The summed E-state index contributed by atoms with van der Waals surface area (Å²) in [6.07, 6.45) is 1.25. The van der Waals surface area contributed by atoms with Gasteiger partial charge in [0.25, 0.3) is 5.91 Å². The molecule has 2 aliphatic rings. The summed E-state index contributed by atoms with van der Waals surface area (Å²) in [5.74, 6) is 1.90. The highest BCUT2D eigenvalue weighted by atomic mass is 32.1. The Morgan fingerprint density at radius 1 is 1.06 bits per heavy atom. The molecule has 0 spiro atoms. The first kappa shape index (κ1) is 21.5. The molecule has 1 aromatic heterocycles. The van der Waals surface area contributed by atoms with Gasteiger partial charge in [0.2, 0.25) is 0 Å². The zero-order valence-corrected chi connectivity index (χ0v) is 19.1. The van der Waals surface area contributed by atoms with Crippen molar-refractivity contribution in [2.24, 2.45) is 5.92 Å². The van der Waals surface area contributed by atoms with Crippen molar-refractivity contribution >= 4 is 23.0 Å². The summed E-state index contributed by atoms with van der Waals surface area (Å²) in [5, 5.41) is 2.54. The quantitative estimate of drug-likeness (QED) is 0.523. The first-order chi connectivity index (χ1) is 16.1. The van der Waals surface area contributed by atoms with Gasteiger partial charge in [-0.25, -0.2) is 4.98 Å². The van der Waals surface area contributed by atoms with Gasteiger partial charge in [-0.2, -0.15) is 0 Å². The van der Waals surface area contributed by atoms with Crippen LogP contribution in [0.15, 0.2) is 47.8 Å². The molecule has 1 amide bonds. The van der Waals surface area contributed by atoms with Gasteiger partial charge in [-0.15, -0.1) is 11.3 Å². The number of aromatic nitrogens is 1. The number of fused-ring (bicyclic) bond motifs is 1. The number of thiazole rings is 1. The molecule has 0 N–H and O–H groups in total. The van der Waals surface area contributed by atoms with Gasteiger partial charge in [0, 0.05) is 30.0 Å². The summed E-state index contributed by atoms with van der Waals surface area (Å²) in [7, 11) is 1.62. The van der Waals surface area contributed by atoms with Crippen LogP contribution in [-0.4, -0.2) is 55.0 Å². The van der Waals surface area contributed by atoms with Gasteiger partial charge in [-0.1, -0.05) is 12.1 Å². The standard InChI is InChI=1S/C25H24N2O5S/c1-30-20-5-3-2-4-18(20)24-26-19(15-33-24)25(29)27-10-8-16(9-11-27)23(28)17-6-7-21-22(14-17)32-13-12-31-21/h2-7,14-16H,8-13H2,1H3. The number of para-hydroxylation sites is 1. The summed E-state index contributed by atoms with van der Waals surface area (Å²) in [6, 6.07) is 13.0. The van der Waals surface area contributed by atoms with Gasteiger partial charge in [-0.3, -0.25) is 9.59 Å². The fourth-order valence-electron chi connectivity index (χ4n) is 4.26. The molecule has 3 heterocycles. The molecule has 0 saturated carbocycles. The number of methoxy groups -OCH3 is 1. The number of carbonyl (C=O) groups excluding carboxylic acids is 2. The molecular formula is C25H24N2O5S. The second kappa shape index (κ2) is 9.23. The van der Waals surface area contributed by atoms with Crippen LogP contribution in [0.25, 0.3) is 10.6 Å². The Kier molecular flexibility index (Phi) is 6.00. The summed E-state index contributed by atoms with van der Waals surface area (Å²) in [4.78, 5) is 32.4. The Hall–Kier alpha value is -3.39. The van der Waals surface area contributed by atoms with E-state index >= 15 is 0 Å². The number of hydrogen-bond acceptors (Lipinski definition) is 7. The maximum atomic E-state index is 13.0. The van der Waals surface area contributed by atoms with Crippen molar-refractivity contribution in [3.05, 3.63) is 59.1 Å². The largest absolute Gasteiger partial charge is 0.496 e. The molecule has 1 saturated heterocycles. The second-order valence-electron chi connectivity index (χ2n) is 8.03. The summed E-state index contributed by atoms with van der Waals surface area (Å²) in [5.41, 5.74) is 1.93. The number of hydrogen-bond donors (Lipinski definition) is 0. The van der Waals surface area contributed by atoms with Crippen LogP contribution < -0.4 is 14.2 Å². The molecule has 2 aliphatic heterocycles. The van der Waals surface area contributed by atoms with Crippen molar-refractivity contribution in [3.63, 3.8) is 0 Å². The Bertz CT molecular complexity index is 1180. The maximum absolute atomic E-state index is 13.0. The first-order valence-electron chi connectivity index (χ1n) is 11.0. The van der Waals surface area contributed by atoms with Crippen LogP contribution in [-0.2, 0) is 0 Å². The van der Waals surface area contributed by atoms with Crippen LogP contribution >= 0.6 is 11.3 Å². The number of nitrogens with zero attached hydrogens (tertiary/aromatic N) is 2. The third-order valence-electron chi connectivity index (χ3n) is 6.04. The molecule has 0 atom stereocenters. The van der Waals surface area contributed by atoms with Crippen LogP contribution in [0, 0.1) is 5.92 Å². The van der Waals surface area contributed by atoms with Crippen LogP contribution in [0.2, 0.25) is 0 Å². The molecular weight excluding hydrogens is 440 g/mol. The zero-order valence-electron chi connectivity index (χ0n) is 18.3. The lowest BCUT2D eigenvalue weighted by atomic mass is 9.88. The van der Waals surface area contributed by atoms with Crippen molar-refractivity contribution in [1.82, 2.24) is 9.88 Å². The van der Waals surface area contributed by atoms with E-state index in [1.807, 2.05) is 24.3 Å². The first-order valence-corrected chi connectivity index (χ1v) is 11.8. The predicted octanol–water partition coefficient (Wildman–Crippen LogP) is 4.33. The molecule has 7 nitrogen and oxygen atoms in total. The van der Waals surface area contributed by atoms with E-state index in [1.165, 1.54) is 11.3 Å². The number of ketones is 1. The number of piperidine rings is 1. The molecule has 170 valence electrons. The molecule has 0 radical (unpaired) electrons. The summed E-state index contributed by atoms with van der Waals surface area (Å²) in [6.45, 7) is 2.06. The fourth-order valence-corrected chi connectivity index (χ4v) is 5.08. The zero-order chi connectivity index (χ0) is 22.8. The third kappa shape index (κ3) is 4.30. The maximum Gasteiger partial charge on any atom is 0.273 e. The normalized spacial score (nSPS) is 15.8. The van der Waals surface area contributed by atoms with Gasteiger partial charge < -0.3 is 19.1 Å². The van der Waals surface area contributed by atoms with E-state index in [2.05, 4.69) is 4.98 Å². The highest BCUT2D eigenvalue weighted by Gasteiger charge is 2.30. The Morgan fingerprint density at radius 3 is 2.61 bits per heavy atom. The van der Waals surface area contributed by atoms with Gasteiger partial charge in [0.05, 0.1) is 12.7 Å². The highest BCUT2D eigenvalue weighted by Crippen LogP contribution is 2.34. The predicted molar refractivity (Wildman–Crippen MR) is 124 cm³/mol. The molecule has 0 unspecified atom stereocenters. The smallest absolute Gasteiger partial charge is 0.273 e. The lowest BCUT2D eigenvalue weighted by Gasteiger charge is -2.31. The molecule has 5 rings (SSSR count). The van der Waals surface area contributed by atoms with Crippen LogP contribution in [0.1, 0.15) is 33.7 Å². The van der Waals surface area contributed by atoms with Gasteiger partial charge in [0.15, 0.2) is 17.3 Å². The van der Waals surface area contributed by atoms with E-state index in [0.717, 1.165) is 16.3 Å². The minimum Gasteiger partial charge on any atom is -0.496 e. The van der Waals surface area contributed by atoms with Crippen molar-refractivity contribution in [1.29, 1.82) is 0 Å². The fraction of sp³-hybridized carbons (Fsp3) is 0.320. The molecule has 2 aromatic carbocycles. The summed E-state index contributed by atoms with van der Waals surface area (Å²) >= 11 is 1.42. The van der Waals surface area contributed by atoms with E-state index in [9.17, 15) is 9.59 Å². The van der Waals surface area contributed by atoms with E-state index in [4.69, 9.17) is 14.2 Å². The minimum absolute atomic E-state index is 0.0891. The third-order valence-corrected chi connectivity index (χ3v) is 6.92. The topological polar surface area (TPSA) is 78.0 Å². The number of likely N-dealkylation sites (tertiary alicyclic amines) is 1. The number of carbonyl (C=O) groups is 2. The lowest BCUT2D eigenvalue weighted by molar-refractivity contribution is 0.0646. The Balaban J connectivity index is 1.23. The number of amides is 1. The Labute approximate surface area is 195 Å². The lowest BCUT2D eigenvalue weighted by Crippen LogP contribution is -2.40. The van der Waals surface area contributed by atoms with E-state index in [1.54, 1.807) is 35.6 Å². The molecule has 0 bridgehead atoms. The van der Waals surface area contributed by atoms with Crippen molar-refractivity contribution in [2.45, 2.75) is 12.8 Å². The van der Waals surface area contributed by atoms with Gasteiger partial charge in [-0.05, 0) is 43.2 Å².